The largest absolute Gasteiger partial charge is 0.490 e. The highest BCUT2D eigenvalue weighted by atomic mass is 19.4. The number of nitrogens with one attached hydrogen (secondary N) is 1. The molecular formula is C5H4F3N3O3. The standard InChI is InChI=1S/C3H3N3O.C2HF3O2/c7-3-1-2-4-6-5-3;3-2(4,5)1(6)7/h1-2H,(H,4,5,7);(H,6,7). The van der Waals surface area contributed by atoms with Gasteiger partial charge in [0.15, 0.2) is 0 Å². The van der Waals surface area contributed by atoms with Crippen molar-refractivity contribution in [3.8, 4) is 0 Å². The molecule has 0 unspecified atom stereocenters. The van der Waals surface area contributed by atoms with E-state index < -0.39 is 12.1 Å². The number of hydrogen-bond donors (Lipinski definition) is 2. The van der Waals surface area contributed by atoms with E-state index in [0.29, 0.717) is 0 Å². The van der Waals surface area contributed by atoms with Gasteiger partial charge in [-0.15, -0.1) is 5.10 Å². The van der Waals surface area contributed by atoms with E-state index >= 15 is 0 Å². The summed E-state index contributed by atoms with van der Waals surface area (Å²) in [6, 6.07) is 1.30. The highest BCUT2D eigenvalue weighted by molar-refractivity contribution is 5.73. The maximum Gasteiger partial charge on any atom is 0.490 e. The van der Waals surface area contributed by atoms with Gasteiger partial charge in [-0.1, -0.05) is 5.21 Å². The van der Waals surface area contributed by atoms with E-state index in [0.717, 1.165) is 0 Å². The van der Waals surface area contributed by atoms with Gasteiger partial charge in [0.1, 0.15) is 0 Å². The van der Waals surface area contributed by atoms with Crippen LogP contribution >= 0.6 is 0 Å². The third-order valence-electron chi connectivity index (χ3n) is 0.753. The maximum atomic E-state index is 10.6. The second-order valence-corrected chi connectivity index (χ2v) is 1.81. The Morgan fingerprint density at radius 1 is 1.50 bits per heavy atom. The summed E-state index contributed by atoms with van der Waals surface area (Å²) in [5.41, 5.74) is -0.227. The van der Waals surface area contributed by atoms with Crippen LogP contribution < -0.4 is 5.56 Å². The van der Waals surface area contributed by atoms with Crippen LogP contribution in [0.1, 0.15) is 0 Å². The topological polar surface area (TPSA) is 95.9 Å². The summed E-state index contributed by atoms with van der Waals surface area (Å²) in [5, 5.41) is 15.8. The van der Waals surface area contributed by atoms with E-state index in [1.54, 1.807) is 0 Å². The van der Waals surface area contributed by atoms with E-state index in [2.05, 4.69) is 15.4 Å². The van der Waals surface area contributed by atoms with Crippen molar-refractivity contribution in [2.24, 2.45) is 0 Å². The van der Waals surface area contributed by atoms with Gasteiger partial charge in [-0.2, -0.15) is 13.2 Å². The average Bonchev–Trinajstić information content (AvgIpc) is 2.04. The number of halogens is 3. The van der Waals surface area contributed by atoms with Gasteiger partial charge < -0.3 is 5.11 Å². The summed E-state index contributed by atoms with van der Waals surface area (Å²) in [4.78, 5) is 19.0. The first-order valence-electron chi connectivity index (χ1n) is 3.00. The summed E-state index contributed by atoms with van der Waals surface area (Å²) >= 11 is 0. The highest BCUT2D eigenvalue weighted by Crippen LogP contribution is 2.13. The van der Waals surface area contributed by atoms with Gasteiger partial charge in [0, 0.05) is 6.07 Å². The minimum atomic E-state index is -5.08. The van der Waals surface area contributed by atoms with Crippen molar-refractivity contribution in [3.63, 3.8) is 0 Å². The van der Waals surface area contributed by atoms with Crippen molar-refractivity contribution >= 4 is 5.97 Å². The number of nitrogens with zero attached hydrogens (tertiary/aromatic N) is 2. The molecule has 0 atom stereocenters. The molecule has 0 amide bonds. The maximum absolute atomic E-state index is 10.6. The predicted octanol–water partition coefficient (Wildman–Crippen LogP) is -0.202. The number of carbonyl (C=O) groups is 1. The fraction of sp³-hybridized carbons (Fsp3) is 0.200. The fourth-order valence-corrected chi connectivity index (χ4v) is 0.250. The molecule has 1 aromatic heterocycles. The van der Waals surface area contributed by atoms with E-state index in [-0.39, 0.29) is 5.56 Å². The van der Waals surface area contributed by atoms with Crippen molar-refractivity contribution in [2.45, 2.75) is 6.18 Å². The van der Waals surface area contributed by atoms with Crippen LogP contribution in [0.5, 0.6) is 0 Å². The summed E-state index contributed by atoms with van der Waals surface area (Å²) in [7, 11) is 0. The average molecular weight is 211 g/mol. The summed E-state index contributed by atoms with van der Waals surface area (Å²) in [6.07, 6.45) is -3.75. The number of rotatable bonds is 0. The Bertz CT molecular complexity index is 330. The first kappa shape index (κ1) is 12.1. The normalized spacial score (nSPS) is 9.93. The monoisotopic (exact) mass is 211 g/mol. The van der Waals surface area contributed by atoms with Gasteiger partial charge in [0.2, 0.25) is 0 Å². The fourth-order valence-electron chi connectivity index (χ4n) is 0.250. The number of aromatic nitrogens is 3. The van der Waals surface area contributed by atoms with Gasteiger partial charge >= 0.3 is 12.1 Å². The second-order valence-electron chi connectivity index (χ2n) is 1.81. The number of carboxylic acids is 1. The lowest BCUT2D eigenvalue weighted by atomic mass is 10.7. The van der Waals surface area contributed by atoms with Gasteiger partial charge in [0.05, 0.1) is 6.20 Å². The first-order valence-corrected chi connectivity index (χ1v) is 3.00. The second kappa shape index (κ2) is 4.94. The number of alkyl halides is 3. The molecule has 0 saturated heterocycles. The van der Waals surface area contributed by atoms with Crippen molar-refractivity contribution < 1.29 is 23.1 Å². The van der Waals surface area contributed by atoms with Crippen LogP contribution in [0.15, 0.2) is 17.1 Å². The molecule has 0 bridgehead atoms. The molecule has 0 saturated carbocycles. The molecule has 0 fully saturated rings. The van der Waals surface area contributed by atoms with Crippen LogP contribution in [0.2, 0.25) is 0 Å². The molecule has 0 aliphatic rings. The summed E-state index contributed by atoms with van der Waals surface area (Å²) in [6.45, 7) is 0. The molecule has 78 valence electrons. The summed E-state index contributed by atoms with van der Waals surface area (Å²) < 4.78 is 31.7. The Balaban J connectivity index is 0.000000241. The Morgan fingerprint density at radius 3 is 2.14 bits per heavy atom. The molecule has 0 aliphatic heterocycles. The van der Waals surface area contributed by atoms with Gasteiger partial charge in [-0.05, 0) is 0 Å². The molecule has 2 N–H and O–H groups in total. The Hall–Kier alpha value is -1.93. The van der Waals surface area contributed by atoms with E-state index in [9.17, 15) is 18.0 Å². The number of aromatic amines is 1. The van der Waals surface area contributed by atoms with E-state index in [1.807, 2.05) is 0 Å². The van der Waals surface area contributed by atoms with Crippen molar-refractivity contribution in [1.29, 1.82) is 0 Å². The van der Waals surface area contributed by atoms with Crippen LogP contribution in [-0.2, 0) is 4.79 Å². The molecule has 1 aromatic rings. The molecule has 14 heavy (non-hydrogen) atoms. The lowest BCUT2D eigenvalue weighted by molar-refractivity contribution is -0.192. The first-order chi connectivity index (χ1) is 6.34. The van der Waals surface area contributed by atoms with Crippen LogP contribution in [0.25, 0.3) is 0 Å². The third kappa shape index (κ3) is 5.69. The number of H-pyrrole nitrogens is 1. The van der Waals surface area contributed by atoms with Crippen molar-refractivity contribution in [3.05, 3.63) is 22.6 Å². The van der Waals surface area contributed by atoms with Crippen LogP contribution in [0, 0.1) is 0 Å². The zero-order chi connectivity index (χ0) is 11.2. The van der Waals surface area contributed by atoms with Crippen molar-refractivity contribution in [2.75, 3.05) is 0 Å². The third-order valence-corrected chi connectivity index (χ3v) is 0.753. The zero-order valence-corrected chi connectivity index (χ0v) is 6.45. The van der Waals surface area contributed by atoms with Crippen LogP contribution in [0.3, 0.4) is 0 Å². The lowest BCUT2D eigenvalue weighted by Gasteiger charge is -1.93. The van der Waals surface area contributed by atoms with Crippen molar-refractivity contribution in [1.82, 2.24) is 15.4 Å². The molecule has 9 heteroatoms. The minimum Gasteiger partial charge on any atom is -0.475 e. The molecule has 6 nitrogen and oxygen atoms in total. The Morgan fingerprint density at radius 2 is 2.00 bits per heavy atom. The van der Waals surface area contributed by atoms with E-state index in [1.165, 1.54) is 12.3 Å². The lowest BCUT2D eigenvalue weighted by Crippen LogP contribution is -2.21. The van der Waals surface area contributed by atoms with Gasteiger partial charge in [-0.3, -0.25) is 4.79 Å². The molecule has 1 rings (SSSR count). The van der Waals surface area contributed by atoms with Crippen LogP contribution in [0.4, 0.5) is 13.2 Å². The quantitative estimate of drug-likeness (QED) is 0.619. The Kier molecular flexibility index (Phi) is 4.26. The number of hydrogen-bond acceptors (Lipinski definition) is 4. The van der Waals surface area contributed by atoms with Gasteiger partial charge in [0.25, 0.3) is 5.56 Å². The van der Waals surface area contributed by atoms with Crippen LogP contribution in [-0.4, -0.2) is 32.7 Å². The predicted molar refractivity (Wildman–Crippen MR) is 36.3 cm³/mol. The highest BCUT2D eigenvalue weighted by Gasteiger charge is 2.38. The minimum absolute atomic E-state index is 0.227. The number of carboxylic acid groups (broad SMARTS) is 1. The zero-order valence-electron chi connectivity index (χ0n) is 6.45. The van der Waals surface area contributed by atoms with Gasteiger partial charge in [-0.25, -0.2) is 9.89 Å². The molecule has 0 spiro atoms. The number of aliphatic carboxylic acids is 1. The SMILES string of the molecule is O=C(O)C(F)(F)F.O=c1ccnn[nH]1. The molecule has 0 aliphatic carbocycles. The molecule has 0 radical (unpaired) electrons. The molecular weight excluding hydrogens is 207 g/mol. The molecule has 0 aromatic carbocycles. The molecule has 1 heterocycles. The Labute approximate surface area is 74.4 Å². The smallest absolute Gasteiger partial charge is 0.475 e. The van der Waals surface area contributed by atoms with E-state index in [4.69, 9.17) is 9.90 Å². The summed E-state index contributed by atoms with van der Waals surface area (Å²) in [5.74, 6) is -2.76.